The van der Waals surface area contributed by atoms with Gasteiger partial charge in [0, 0.05) is 44.8 Å². The number of nitrogens with one attached hydrogen (secondary N) is 1. The van der Waals surface area contributed by atoms with Crippen LogP contribution in [-0.4, -0.2) is 65.9 Å². The molecule has 2 fully saturated rings. The average molecular weight is 392 g/mol. The van der Waals surface area contributed by atoms with Crippen LogP contribution in [0.4, 0.5) is 0 Å². The van der Waals surface area contributed by atoms with Crippen LogP contribution in [0, 0.1) is 0 Å². The van der Waals surface area contributed by atoms with E-state index in [1.54, 1.807) is 4.90 Å². The van der Waals surface area contributed by atoms with E-state index in [-0.39, 0.29) is 17.3 Å². The second-order valence-corrected chi connectivity index (χ2v) is 8.89. The Bertz CT molecular complexity index is 927. The molecule has 0 unspecified atom stereocenters. The number of rotatable bonds is 4. The molecular formula is C18H24N4O4S. The van der Waals surface area contributed by atoms with Crippen LogP contribution in [0.15, 0.2) is 35.5 Å². The summed E-state index contributed by atoms with van der Waals surface area (Å²) < 4.78 is 35.5. The van der Waals surface area contributed by atoms with E-state index < -0.39 is 16.1 Å². The lowest BCUT2D eigenvalue weighted by Crippen LogP contribution is -2.43. The van der Waals surface area contributed by atoms with Crippen molar-refractivity contribution in [1.29, 1.82) is 0 Å². The first kappa shape index (κ1) is 18.3. The number of ether oxygens (including phenoxy) is 1. The van der Waals surface area contributed by atoms with Gasteiger partial charge in [-0.1, -0.05) is 0 Å². The van der Waals surface area contributed by atoms with Gasteiger partial charge in [-0.3, -0.25) is 4.79 Å². The Morgan fingerprint density at radius 1 is 1.26 bits per heavy atom. The lowest BCUT2D eigenvalue weighted by Gasteiger charge is -2.34. The van der Waals surface area contributed by atoms with E-state index in [0.29, 0.717) is 18.9 Å². The molecule has 2 saturated heterocycles. The smallest absolute Gasteiger partial charge is 0.270 e. The Kier molecular flexibility index (Phi) is 4.83. The second-order valence-electron chi connectivity index (χ2n) is 7.00. The molecule has 2 aromatic rings. The summed E-state index contributed by atoms with van der Waals surface area (Å²) in [5.41, 5.74) is 1.20. The number of sulfonamides is 1. The fourth-order valence-corrected chi connectivity index (χ4v) is 5.37. The summed E-state index contributed by atoms with van der Waals surface area (Å²) in [5, 5.41) is 0. The maximum atomic E-state index is 13.3. The van der Waals surface area contributed by atoms with E-state index >= 15 is 0 Å². The third-order valence-electron chi connectivity index (χ3n) is 5.29. The number of aromatic nitrogens is 2. The van der Waals surface area contributed by atoms with Gasteiger partial charge in [0.05, 0.1) is 19.3 Å². The van der Waals surface area contributed by atoms with Crippen LogP contribution >= 0.6 is 0 Å². The van der Waals surface area contributed by atoms with E-state index in [0.717, 1.165) is 31.6 Å². The Labute approximate surface area is 158 Å². The molecule has 1 N–H and O–H groups in total. The van der Waals surface area contributed by atoms with Crippen LogP contribution < -0.4 is 0 Å². The van der Waals surface area contributed by atoms with E-state index in [4.69, 9.17) is 4.74 Å². The first-order valence-electron chi connectivity index (χ1n) is 9.17. The number of H-pyrrole nitrogens is 1. The quantitative estimate of drug-likeness (QED) is 0.851. The predicted molar refractivity (Wildman–Crippen MR) is 98.8 cm³/mol. The van der Waals surface area contributed by atoms with Gasteiger partial charge in [0.15, 0.2) is 0 Å². The molecule has 27 heavy (non-hydrogen) atoms. The number of likely N-dealkylation sites (tertiary alicyclic amines) is 1. The minimum Gasteiger partial charge on any atom is -0.378 e. The molecule has 0 radical (unpaired) electrons. The van der Waals surface area contributed by atoms with Crippen molar-refractivity contribution in [2.45, 2.75) is 23.8 Å². The number of aromatic amines is 1. The maximum Gasteiger partial charge on any atom is 0.270 e. The van der Waals surface area contributed by atoms with Gasteiger partial charge in [0.25, 0.3) is 5.91 Å². The summed E-state index contributed by atoms with van der Waals surface area (Å²) in [6.45, 7) is 2.38. The zero-order valence-corrected chi connectivity index (χ0v) is 16.1. The number of hydrogen-bond donors (Lipinski definition) is 1. The lowest BCUT2D eigenvalue weighted by molar-refractivity contribution is 0.0296. The zero-order valence-electron chi connectivity index (χ0n) is 15.3. The van der Waals surface area contributed by atoms with Crippen LogP contribution in [0.25, 0.3) is 0 Å². The highest BCUT2D eigenvalue weighted by Gasteiger charge is 2.37. The molecule has 1 amide bonds. The monoisotopic (exact) mass is 392 g/mol. The molecule has 1 atom stereocenters. The largest absolute Gasteiger partial charge is 0.378 e. The van der Waals surface area contributed by atoms with Crippen molar-refractivity contribution in [1.82, 2.24) is 18.8 Å². The Morgan fingerprint density at radius 2 is 2.04 bits per heavy atom. The van der Waals surface area contributed by atoms with Gasteiger partial charge >= 0.3 is 0 Å². The Morgan fingerprint density at radius 3 is 2.74 bits per heavy atom. The highest BCUT2D eigenvalue weighted by molar-refractivity contribution is 7.89. The van der Waals surface area contributed by atoms with Gasteiger partial charge in [-0.25, -0.2) is 8.42 Å². The standard InChI is InChI=1S/C18H24N4O4S/c1-20-6-4-5-16(20)17-13-26-10-9-22(17)27(24,25)14-11-15(19-12-14)18(23)21-7-2-3-8-21/h4-6,11-12,17,19H,2-3,7-10,13H2,1H3/t17-/m1/s1. The van der Waals surface area contributed by atoms with Crippen molar-refractivity contribution in [3.8, 4) is 0 Å². The van der Waals surface area contributed by atoms with E-state index in [2.05, 4.69) is 4.98 Å². The summed E-state index contributed by atoms with van der Waals surface area (Å²) in [6.07, 6.45) is 5.28. The molecule has 4 heterocycles. The van der Waals surface area contributed by atoms with Crippen LogP contribution in [0.5, 0.6) is 0 Å². The van der Waals surface area contributed by atoms with Crippen molar-refractivity contribution in [2.24, 2.45) is 7.05 Å². The number of nitrogens with zero attached hydrogens (tertiary/aromatic N) is 3. The fraction of sp³-hybridized carbons (Fsp3) is 0.500. The Hall–Kier alpha value is -2.10. The zero-order chi connectivity index (χ0) is 19.0. The highest BCUT2D eigenvalue weighted by Crippen LogP contribution is 2.30. The van der Waals surface area contributed by atoms with Crippen molar-refractivity contribution in [3.05, 3.63) is 42.0 Å². The summed E-state index contributed by atoms with van der Waals surface area (Å²) in [6, 6.07) is 4.85. The molecule has 2 aliphatic rings. The average Bonchev–Trinajstić information content (AvgIpc) is 3.42. The molecule has 2 aliphatic heterocycles. The van der Waals surface area contributed by atoms with Gasteiger partial charge in [-0.05, 0) is 31.0 Å². The second kappa shape index (κ2) is 7.14. The van der Waals surface area contributed by atoms with E-state index in [1.165, 1.54) is 16.6 Å². The van der Waals surface area contributed by atoms with Gasteiger partial charge < -0.3 is 19.2 Å². The number of carbonyl (C=O) groups is 1. The number of carbonyl (C=O) groups excluding carboxylic acids is 1. The molecule has 9 heteroatoms. The van der Waals surface area contributed by atoms with Crippen LogP contribution in [0.3, 0.4) is 0 Å². The number of aryl methyl sites for hydroxylation is 1. The Balaban J connectivity index is 1.62. The summed E-state index contributed by atoms with van der Waals surface area (Å²) in [7, 11) is -1.87. The minimum absolute atomic E-state index is 0.117. The molecule has 0 saturated carbocycles. The molecule has 0 spiro atoms. The summed E-state index contributed by atoms with van der Waals surface area (Å²) in [4.78, 5) is 17.2. The van der Waals surface area contributed by atoms with Gasteiger partial charge in [0.2, 0.25) is 10.0 Å². The normalized spacial score (nSPS) is 21.7. The molecular weight excluding hydrogens is 368 g/mol. The van der Waals surface area contributed by atoms with Gasteiger partial charge in [-0.2, -0.15) is 4.31 Å². The van der Waals surface area contributed by atoms with Crippen molar-refractivity contribution in [2.75, 3.05) is 32.8 Å². The predicted octanol–water partition coefficient (Wildman–Crippen LogP) is 1.35. The van der Waals surface area contributed by atoms with Crippen LogP contribution in [0.2, 0.25) is 0 Å². The number of morpholine rings is 1. The summed E-state index contributed by atoms with van der Waals surface area (Å²) >= 11 is 0. The molecule has 8 nitrogen and oxygen atoms in total. The minimum atomic E-state index is -3.75. The lowest BCUT2D eigenvalue weighted by atomic mass is 10.2. The SMILES string of the molecule is Cn1cccc1[C@H]1COCCN1S(=O)(=O)c1c[nH]c(C(=O)N2CCCC2)c1. The highest BCUT2D eigenvalue weighted by atomic mass is 32.2. The first-order chi connectivity index (χ1) is 13.0. The third-order valence-corrected chi connectivity index (χ3v) is 7.18. The van der Waals surface area contributed by atoms with Gasteiger partial charge in [-0.15, -0.1) is 0 Å². The van der Waals surface area contributed by atoms with E-state index in [1.807, 2.05) is 29.9 Å². The van der Waals surface area contributed by atoms with Crippen molar-refractivity contribution >= 4 is 15.9 Å². The molecule has 0 aromatic carbocycles. The van der Waals surface area contributed by atoms with Crippen molar-refractivity contribution < 1.29 is 17.9 Å². The molecule has 146 valence electrons. The summed E-state index contributed by atoms with van der Waals surface area (Å²) in [5.74, 6) is -0.144. The molecule has 2 aromatic heterocycles. The number of amides is 1. The molecule has 0 bridgehead atoms. The van der Waals surface area contributed by atoms with Crippen molar-refractivity contribution in [3.63, 3.8) is 0 Å². The first-order valence-corrected chi connectivity index (χ1v) is 10.6. The van der Waals surface area contributed by atoms with Crippen LogP contribution in [0.1, 0.15) is 35.1 Å². The third kappa shape index (κ3) is 3.30. The maximum absolute atomic E-state index is 13.3. The number of hydrogen-bond acceptors (Lipinski definition) is 4. The topological polar surface area (TPSA) is 87.6 Å². The van der Waals surface area contributed by atoms with Crippen LogP contribution in [-0.2, 0) is 21.8 Å². The molecule has 4 rings (SSSR count). The van der Waals surface area contributed by atoms with Gasteiger partial charge in [0.1, 0.15) is 10.6 Å². The fourth-order valence-electron chi connectivity index (χ4n) is 3.80. The molecule has 0 aliphatic carbocycles. The van der Waals surface area contributed by atoms with E-state index in [9.17, 15) is 13.2 Å².